The minimum atomic E-state index is -0.882. The van der Waals surface area contributed by atoms with Crippen LogP contribution in [0.4, 0.5) is 0 Å². The van der Waals surface area contributed by atoms with Gasteiger partial charge in [0.05, 0.1) is 10.8 Å². The van der Waals surface area contributed by atoms with Crippen molar-refractivity contribution in [2.24, 2.45) is 5.73 Å². The summed E-state index contributed by atoms with van der Waals surface area (Å²) in [6.07, 6.45) is 0.821. The standard InChI is InChI=1S/C13H19NOS/c1-8(2)10-4-5-13-11(7-10)12(14)6-9(3)16(13)15/h4-5,7-9,12H,6,14H2,1-3H3. The molecule has 3 atom stereocenters. The molecule has 1 aliphatic rings. The Balaban J connectivity index is 2.50. The highest BCUT2D eigenvalue weighted by Crippen LogP contribution is 2.34. The Morgan fingerprint density at radius 3 is 2.75 bits per heavy atom. The molecule has 3 heteroatoms. The van der Waals surface area contributed by atoms with Crippen LogP contribution in [0, 0.1) is 0 Å². The second-order valence-electron chi connectivity index (χ2n) is 4.90. The molecular formula is C13H19NOS. The Morgan fingerprint density at radius 1 is 1.44 bits per heavy atom. The molecule has 0 aromatic heterocycles. The first kappa shape index (κ1) is 11.8. The van der Waals surface area contributed by atoms with Gasteiger partial charge in [-0.1, -0.05) is 32.9 Å². The molecule has 0 radical (unpaired) electrons. The van der Waals surface area contributed by atoms with Gasteiger partial charge in [0.1, 0.15) is 0 Å². The van der Waals surface area contributed by atoms with Crippen LogP contribution in [0.3, 0.4) is 0 Å². The zero-order valence-electron chi connectivity index (χ0n) is 10.1. The minimum absolute atomic E-state index is 0.0430. The molecule has 1 heterocycles. The van der Waals surface area contributed by atoms with E-state index in [9.17, 15) is 4.21 Å². The van der Waals surface area contributed by atoms with Crippen molar-refractivity contribution >= 4 is 10.8 Å². The molecule has 0 saturated carbocycles. The number of fused-ring (bicyclic) bond motifs is 1. The lowest BCUT2D eigenvalue weighted by Crippen LogP contribution is -2.27. The van der Waals surface area contributed by atoms with Gasteiger partial charge in [-0.2, -0.15) is 0 Å². The lowest BCUT2D eigenvalue weighted by atomic mass is 9.95. The van der Waals surface area contributed by atoms with Crippen molar-refractivity contribution in [1.82, 2.24) is 0 Å². The summed E-state index contributed by atoms with van der Waals surface area (Å²) < 4.78 is 12.1. The van der Waals surface area contributed by atoms with E-state index >= 15 is 0 Å². The molecule has 1 aromatic carbocycles. The second-order valence-corrected chi connectivity index (χ2v) is 6.74. The fourth-order valence-electron chi connectivity index (χ4n) is 2.19. The van der Waals surface area contributed by atoms with Crippen molar-refractivity contribution in [3.8, 4) is 0 Å². The minimum Gasteiger partial charge on any atom is -0.324 e. The number of nitrogens with two attached hydrogens (primary N) is 1. The van der Waals surface area contributed by atoms with Crippen molar-refractivity contribution in [1.29, 1.82) is 0 Å². The van der Waals surface area contributed by atoms with Gasteiger partial charge in [0, 0.05) is 16.2 Å². The molecule has 0 spiro atoms. The smallest absolute Gasteiger partial charge is 0.0562 e. The first-order chi connectivity index (χ1) is 7.50. The summed E-state index contributed by atoms with van der Waals surface area (Å²) in [7, 11) is -0.882. The van der Waals surface area contributed by atoms with Crippen LogP contribution in [0.15, 0.2) is 23.1 Å². The van der Waals surface area contributed by atoms with Gasteiger partial charge in [-0.15, -0.1) is 0 Å². The van der Waals surface area contributed by atoms with Crippen molar-refractivity contribution in [2.45, 2.75) is 49.3 Å². The van der Waals surface area contributed by atoms with Crippen molar-refractivity contribution in [3.05, 3.63) is 29.3 Å². The molecule has 1 aliphatic heterocycles. The maximum absolute atomic E-state index is 12.1. The van der Waals surface area contributed by atoms with E-state index < -0.39 is 10.8 Å². The van der Waals surface area contributed by atoms with E-state index in [1.54, 1.807) is 0 Å². The summed E-state index contributed by atoms with van der Waals surface area (Å²) in [5.41, 5.74) is 8.50. The average Bonchev–Trinajstić information content (AvgIpc) is 2.25. The van der Waals surface area contributed by atoms with Gasteiger partial charge < -0.3 is 5.73 Å². The Hall–Kier alpha value is -0.670. The van der Waals surface area contributed by atoms with E-state index in [0.29, 0.717) is 5.92 Å². The molecule has 1 aromatic rings. The number of rotatable bonds is 1. The highest BCUT2D eigenvalue weighted by molar-refractivity contribution is 7.85. The Labute approximate surface area is 99.7 Å². The van der Waals surface area contributed by atoms with Crippen LogP contribution in [-0.4, -0.2) is 9.46 Å². The first-order valence-corrected chi connectivity index (χ1v) is 7.02. The average molecular weight is 237 g/mol. The molecule has 16 heavy (non-hydrogen) atoms. The molecular weight excluding hydrogens is 218 g/mol. The van der Waals surface area contributed by atoms with Crippen LogP contribution >= 0.6 is 0 Å². The normalized spacial score (nSPS) is 29.2. The van der Waals surface area contributed by atoms with Gasteiger partial charge in [-0.05, 0) is 29.5 Å². The molecule has 0 bridgehead atoms. The van der Waals surface area contributed by atoms with Crippen LogP contribution in [-0.2, 0) is 10.8 Å². The van der Waals surface area contributed by atoms with Gasteiger partial charge in [-0.25, -0.2) is 0 Å². The molecule has 0 amide bonds. The second kappa shape index (κ2) is 4.30. The Kier molecular flexibility index (Phi) is 3.17. The molecule has 0 saturated heterocycles. The zero-order chi connectivity index (χ0) is 11.9. The van der Waals surface area contributed by atoms with Gasteiger partial charge in [0.25, 0.3) is 0 Å². The van der Waals surface area contributed by atoms with E-state index in [2.05, 4.69) is 26.0 Å². The topological polar surface area (TPSA) is 43.1 Å². The van der Waals surface area contributed by atoms with Crippen molar-refractivity contribution in [3.63, 3.8) is 0 Å². The van der Waals surface area contributed by atoms with Crippen LogP contribution in [0.25, 0.3) is 0 Å². The lowest BCUT2D eigenvalue weighted by molar-refractivity contribution is 0.590. The first-order valence-electron chi connectivity index (χ1n) is 5.80. The molecule has 0 aliphatic carbocycles. The number of hydrogen-bond acceptors (Lipinski definition) is 2. The maximum atomic E-state index is 12.1. The fraction of sp³-hybridized carbons (Fsp3) is 0.538. The molecule has 88 valence electrons. The lowest BCUT2D eigenvalue weighted by Gasteiger charge is -2.27. The van der Waals surface area contributed by atoms with Gasteiger partial charge in [-0.3, -0.25) is 4.21 Å². The fourth-order valence-corrected chi connectivity index (χ4v) is 3.65. The predicted octanol–water partition coefficient (Wildman–Crippen LogP) is 2.71. The van der Waals surface area contributed by atoms with Crippen molar-refractivity contribution in [2.75, 3.05) is 0 Å². The molecule has 2 N–H and O–H groups in total. The van der Waals surface area contributed by atoms with E-state index in [1.165, 1.54) is 5.56 Å². The summed E-state index contributed by atoms with van der Waals surface area (Å²) in [5, 5.41) is 0.174. The third kappa shape index (κ3) is 1.94. The highest BCUT2D eigenvalue weighted by Gasteiger charge is 2.28. The predicted molar refractivity (Wildman–Crippen MR) is 67.9 cm³/mol. The SMILES string of the molecule is CC(C)c1ccc2c(c1)C(N)CC(C)S2=O. The van der Waals surface area contributed by atoms with Crippen LogP contribution in [0.2, 0.25) is 0 Å². The summed E-state index contributed by atoms with van der Waals surface area (Å²) in [5.74, 6) is 0.491. The summed E-state index contributed by atoms with van der Waals surface area (Å²) in [6.45, 7) is 6.33. The van der Waals surface area contributed by atoms with Crippen molar-refractivity contribution < 1.29 is 4.21 Å². The van der Waals surface area contributed by atoms with Gasteiger partial charge >= 0.3 is 0 Å². The molecule has 0 fully saturated rings. The van der Waals surface area contributed by atoms with Crippen LogP contribution in [0.1, 0.15) is 50.3 Å². The molecule has 2 rings (SSSR count). The Bertz CT molecular complexity index is 428. The van der Waals surface area contributed by atoms with Crippen LogP contribution < -0.4 is 5.73 Å². The summed E-state index contributed by atoms with van der Waals surface area (Å²) in [6, 6.07) is 6.25. The largest absolute Gasteiger partial charge is 0.324 e. The monoisotopic (exact) mass is 237 g/mol. The molecule has 2 nitrogen and oxygen atoms in total. The molecule has 3 unspecified atom stereocenters. The maximum Gasteiger partial charge on any atom is 0.0562 e. The quantitative estimate of drug-likeness (QED) is 0.816. The zero-order valence-corrected chi connectivity index (χ0v) is 10.9. The summed E-state index contributed by atoms with van der Waals surface area (Å²) in [4.78, 5) is 0.940. The number of benzene rings is 1. The van der Waals surface area contributed by atoms with E-state index in [0.717, 1.165) is 16.9 Å². The van der Waals surface area contributed by atoms with E-state index in [4.69, 9.17) is 5.73 Å². The van der Waals surface area contributed by atoms with Gasteiger partial charge in [0.15, 0.2) is 0 Å². The third-order valence-electron chi connectivity index (χ3n) is 3.27. The Morgan fingerprint density at radius 2 is 2.12 bits per heavy atom. The van der Waals surface area contributed by atoms with E-state index in [-0.39, 0.29) is 11.3 Å². The van der Waals surface area contributed by atoms with Crippen LogP contribution in [0.5, 0.6) is 0 Å². The number of hydrogen-bond donors (Lipinski definition) is 1. The summed E-state index contributed by atoms with van der Waals surface area (Å²) >= 11 is 0. The van der Waals surface area contributed by atoms with E-state index in [1.807, 2.05) is 13.0 Å². The third-order valence-corrected chi connectivity index (χ3v) is 5.00. The van der Waals surface area contributed by atoms with Gasteiger partial charge in [0.2, 0.25) is 0 Å². The highest BCUT2D eigenvalue weighted by atomic mass is 32.2.